The highest BCUT2D eigenvalue weighted by atomic mass is 35.5. The molecule has 2 unspecified atom stereocenters. The fourth-order valence-corrected chi connectivity index (χ4v) is 2.84. The Kier molecular flexibility index (Phi) is 5.06. The first kappa shape index (κ1) is 14.6. The molecule has 17 heavy (non-hydrogen) atoms. The van der Waals surface area contributed by atoms with Gasteiger partial charge in [-0.25, -0.2) is 0 Å². The van der Waals surface area contributed by atoms with E-state index in [2.05, 4.69) is 58.9 Å². The topological polar surface area (TPSA) is 0 Å². The molecule has 0 radical (unpaired) electrons. The zero-order valence-electron chi connectivity index (χ0n) is 11.8. The molecule has 0 amide bonds. The standard InChI is InChI=1S/C16H25Cl/c1-12-6-8-14(9-7-12)15(17)10-13(2)11-16(3,4)5/h6-9,13,15H,10-11H2,1-5H3. The van der Waals surface area contributed by atoms with Gasteiger partial charge in [0.25, 0.3) is 0 Å². The van der Waals surface area contributed by atoms with Crippen LogP contribution in [0.3, 0.4) is 0 Å². The van der Waals surface area contributed by atoms with Crippen molar-refractivity contribution in [2.75, 3.05) is 0 Å². The second-order valence-corrected chi connectivity index (χ2v) is 7.01. The molecule has 96 valence electrons. The minimum absolute atomic E-state index is 0.146. The van der Waals surface area contributed by atoms with Crippen LogP contribution in [0.2, 0.25) is 0 Å². The van der Waals surface area contributed by atoms with Crippen LogP contribution < -0.4 is 0 Å². The summed E-state index contributed by atoms with van der Waals surface area (Å²) in [6.45, 7) is 11.3. The zero-order valence-corrected chi connectivity index (χ0v) is 12.5. The predicted molar refractivity (Wildman–Crippen MR) is 77.6 cm³/mol. The van der Waals surface area contributed by atoms with Crippen molar-refractivity contribution in [1.82, 2.24) is 0 Å². The summed E-state index contributed by atoms with van der Waals surface area (Å²) >= 11 is 6.48. The lowest BCUT2D eigenvalue weighted by atomic mass is 9.83. The predicted octanol–water partition coefficient (Wildman–Crippen LogP) is 5.74. The lowest BCUT2D eigenvalue weighted by Gasteiger charge is -2.24. The molecule has 1 aromatic carbocycles. The molecule has 1 aromatic rings. The SMILES string of the molecule is Cc1ccc(C(Cl)CC(C)CC(C)(C)C)cc1. The van der Waals surface area contributed by atoms with Gasteiger partial charge in [0.05, 0.1) is 5.38 Å². The number of aryl methyl sites for hydroxylation is 1. The van der Waals surface area contributed by atoms with Gasteiger partial charge in [-0.05, 0) is 36.7 Å². The van der Waals surface area contributed by atoms with E-state index in [0.717, 1.165) is 6.42 Å². The van der Waals surface area contributed by atoms with E-state index >= 15 is 0 Å². The summed E-state index contributed by atoms with van der Waals surface area (Å²) in [7, 11) is 0. The average molecular weight is 253 g/mol. The smallest absolute Gasteiger partial charge is 0.0587 e. The molecule has 0 nitrogen and oxygen atoms in total. The molecule has 2 atom stereocenters. The van der Waals surface area contributed by atoms with Crippen molar-refractivity contribution in [2.24, 2.45) is 11.3 Å². The molecule has 0 saturated carbocycles. The quantitative estimate of drug-likeness (QED) is 0.600. The number of alkyl halides is 1. The van der Waals surface area contributed by atoms with Crippen LogP contribution in [0.25, 0.3) is 0 Å². The molecule has 0 aliphatic rings. The normalized spacial score (nSPS) is 15.6. The maximum absolute atomic E-state index is 6.48. The van der Waals surface area contributed by atoms with Crippen molar-refractivity contribution in [3.63, 3.8) is 0 Å². The molecule has 0 aromatic heterocycles. The molecule has 0 heterocycles. The summed E-state index contributed by atoms with van der Waals surface area (Å²) in [6, 6.07) is 8.58. The molecule has 0 saturated heterocycles. The van der Waals surface area contributed by atoms with Crippen LogP contribution in [-0.2, 0) is 0 Å². The second-order valence-electron chi connectivity index (χ2n) is 6.48. The molecular formula is C16H25Cl. The van der Waals surface area contributed by atoms with Gasteiger partial charge >= 0.3 is 0 Å². The number of halogens is 1. The van der Waals surface area contributed by atoms with Crippen LogP contribution in [0, 0.1) is 18.3 Å². The molecule has 0 fully saturated rings. The Morgan fingerprint density at radius 3 is 2.12 bits per heavy atom. The first-order valence-corrected chi connectivity index (χ1v) is 6.92. The van der Waals surface area contributed by atoms with E-state index in [0.29, 0.717) is 11.3 Å². The summed E-state index contributed by atoms with van der Waals surface area (Å²) in [5, 5.41) is 0.146. The van der Waals surface area contributed by atoms with E-state index < -0.39 is 0 Å². The van der Waals surface area contributed by atoms with E-state index in [1.54, 1.807) is 0 Å². The molecule has 0 aliphatic heterocycles. The molecule has 1 rings (SSSR count). The maximum Gasteiger partial charge on any atom is 0.0587 e. The Hall–Kier alpha value is -0.490. The number of rotatable bonds is 4. The summed E-state index contributed by atoms with van der Waals surface area (Å²) in [5.41, 5.74) is 2.93. The zero-order chi connectivity index (χ0) is 13.1. The third-order valence-corrected chi connectivity index (χ3v) is 3.44. The third kappa shape index (κ3) is 5.59. The molecule has 0 bridgehead atoms. The molecule has 0 N–H and O–H groups in total. The number of benzene rings is 1. The molecule has 0 spiro atoms. The van der Waals surface area contributed by atoms with Crippen molar-refractivity contribution in [3.8, 4) is 0 Å². The highest BCUT2D eigenvalue weighted by Crippen LogP contribution is 2.33. The summed E-state index contributed by atoms with van der Waals surface area (Å²) in [4.78, 5) is 0. The minimum atomic E-state index is 0.146. The largest absolute Gasteiger partial charge is 0.118 e. The van der Waals surface area contributed by atoms with Gasteiger partial charge in [0.15, 0.2) is 0 Å². The summed E-state index contributed by atoms with van der Waals surface area (Å²) in [6.07, 6.45) is 2.28. The van der Waals surface area contributed by atoms with Gasteiger partial charge in [-0.3, -0.25) is 0 Å². The van der Waals surface area contributed by atoms with E-state index in [1.165, 1.54) is 17.5 Å². The van der Waals surface area contributed by atoms with Gasteiger partial charge in [-0.1, -0.05) is 57.5 Å². The van der Waals surface area contributed by atoms with E-state index in [-0.39, 0.29) is 5.38 Å². The lowest BCUT2D eigenvalue weighted by molar-refractivity contribution is 0.295. The van der Waals surface area contributed by atoms with Crippen molar-refractivity contribution >= 4 is 11.6 Å². The van der Waals surface area contributed by atoms with Gasteiger partial charge < -0.3 is 0 Å². The van der Waals surface area contributed by atoms with Gasteiger partial charge in [0.1, 0.15) is 0 Å². The Morgan fingerprint density at radius 2 is 1.65 bits per heavy atom. The Morgan fingerprint density at radius 1 is 1.12 bits per heavy atom. The van der Waals surface area contributed by atoms with Crippen LogP contribution in [-0.4, -0.2) is 0 Å². The van der Waals surface area contributed by atoms with Crippen LogP contribution in [0.15, 0.2) is 24.3 Å². The van der Waals surface area contributed by atoms with Crippen molar-refractivity contribution in [3.05, 3.63) is 35.4 Å². The highest BCUT2D eigenvalue weighted by molar-refractivity contribution is 6.20. The van der Waals surface area contributed by atoms with Crippen LogP contribution in [0.4, 0.5) is 0 Å². The van der Waals surface area contributed by atoms with Crippen molar-refractivity contribution < 1.29 is 0 Å². The van der Waals surface area contributed by atoms with Gasteiger partial charge in [0, 0.05) is 0 Å². The molecule has 1 heteroatoms. The van der Waals surface area contributed by atoms with E-state index in [9.17, 15) is 0 Å². The van der Waals surface area contributed by atoms with Crippen LogP contribution in [0.5, 0.6) is 0 Å². The van der Waals surface area contributed by atoms with Crippen molar-refractivity contribution in [2.45, 2.75) is 52.8 Å². The Labute approximate surface area is 111 Å². The maximum atomic E-state index is 6.48. The summed E-state index contributed by atoms with van der Waals surface area (Å²) < 4.78 is 0. The second kappa shape index (κ2) is 5.91. The average Bonchev–Trinajstić information content (AvgIpc) is 2.15. The Bertz CT molecular complexity index is 332. The lowest BCUT2D eigenvalue weighted by Crippen LogP contribution is -2.12. The minimum Gasteiger partial charge on any atom is -0.118 e. The van der Waals surface area contributed by atoms with Gasteiger partial charge in [-0.2, -0.15) is 0 Å². The summed E-state index contributed by atoms with van der Waals surface area (Å²) in [5.74, 6) is 0.666. The molecular weight excluding hydrogens is 228 g/mol. The number of hydrogen-bond acceptors (Lipinski definition) is 0. The van der Waals surface area contributed by atoms with E-state index in [4.69, 9.17) is 11.6 Å². The molecule has 0 aliphatic carbocycles. The highest BCUT2D eigenvalue weighted by Gasteiger charge is 2.18. The first-order valence-electron chi connectivity index (χ1n) is 6.48. The third-order valence-electron chi connectivity index (χ3n) is 3.01. The van der Waals surface area contributed by atoms with Crippen molar-refractivity contribution in [1.29, 1.82) is 0 Å². The fraction of sp³-hybridized carbons (Fsp3) is 0.625. The van der Waals surface area contributed by atoms with Crippen LogP contribution in [0.1, 0.15) is 57.0 Å². The monoisotopic (exact) mass is 252 g/mol. The number of hydrogen-bond donors (Lipinski definition) is 0. The van der Waals surface area contributed by atoms with Gasteiger partial charge in [0.2, 0.25) is 0 Å². The Balaban J connectivity index is 2.54. The van der Waals surface area contributed by atoms with Crippen LogP contribution >= 0.6 is 11.6 Å². The first-order chi connectivity index (χ1) is 7.78. The van der Waals surface area contributed by atoms with Gasteiger partial charge in [-0.15, -0.1) is 11.6 Å². The van der Waals surface area contributed by atoms with E-state index in [1.807, 2.05) is 0 Å². The fourth-order valence-electron chi connectivity index (χ4n) is 2.39.